The van der Waals surface area contributed by atoms with Crippen molar-refractivity contribution in [2.45, 2.75) is 13.3 Å². The second-order valence-electron chi connectivity index (χ2n) is 6.50. The van der Waals surface area contributed by atoms with Gasteiger partial charge >= 0.3 is 0 Å². The van der Waals surface area contributed by atoms with E-state index in [1.54, 1.807) is 4.68 Å². The summed E-state index contributed by atoms with van der Waals surface area (Å²) in [5, 5.41) is 18.8. The van der Waals surface area contributed by atoms with Crippen molar-refractivity contribution in [2.24, 2.45) is 0 Å². The highest BCUT2D eigenvalue weighted by Gasteiger charge is 2.19. The molecule has 0 radical (unpaired) electrons. The van der Waals surface area contributed by atoms with Crippen LogP contribution in [0.15, 0.2) is 49.1 Å². The minimum atomic E-state index is -0.167. The number of aromatic nitrogens is 2. The quantitative estimate of drug-likeness (QED) is 0.461. The Morgan fingerprint density at radius 1 is 1.32 bits per heavy atom. The van der Waals surface area contributed by atoms with Crippen molar-refractivity contribution in [3.63, 3.8) is 0 Å². The molecule has 1 heterocycles. The molecule has 0 saturated carbocycles. The summed E-state index contributed by atoms with van der Waals surface area (Å²) in [6.07, 6.45) is 5.57. The van der Waals surface area contributed by atoms with E-state index >= 15 is 0 Å². The van der Waals surface area contributed by atoms with Crippen LogP contribution in [0.25, 0.3) is 5.69 Å². The maximum atomic E-state index is 12.0. The van der Waals surface area contributed by atoms with Crippen molar-refractivity contribution in [3.05, 3.63) is 60.3 Å². The van der Waals surface area contributed by atoms with E-state index in [0.717, 1.165) is 22.8 Å². The molecule has 0 aliphatic rings. The Hall–Kier alpha value is -3.19. The van der Waals surface area contributed by atoms with Gasteiger partial charge in [0.25, 0.3) is 0 Å². The molecule has 1 aromatic heterocycles. The summed E-state index contributed by atoms with van der Waals surface area (Å²) in [6.45, 7) is 6.42. The minimum absolute atomic E-state index is 0.167. The maximum Gasteiger partial charge on any atom is 0.248 e. The molecule has 7 heteroatoms. The fourth-order valence-electron chi connectivity index (χ4n) is 2.75. The molecule has 0 unspecified atom stereocenters. The topological polar surface area (TPSA) is 86.0 Å². The van der Waals surface area contributed by atoms with Crippen molar-refractivity contribution < 1.29 is 4.79 Å². The number of carbonyl (C=O) groups is 1. The van der Waals surface area contributed by atoms with Gasteiger partial charge in [-0.2, -0.15) is 5.10 Å². The molecular formula is C21H28N6O. The van der Waals surface area contributed by atoms with E-state index in [4.69, 9.17) is 5.41 Å². The van der Waals surface area contributed by atoms with Crippen molar-refractivity contribution >= 4 is 23.1 Å². The van der Waals surface area contributed by atoms with Gasteiger partial charge in [0.1, 0.15) is 5.82 Å². The van der Waals surface area contributed by atoms with E-state index in [1.807, 2.05) is 63.3 Å². The van der Waals surface area contributed by atoms with Crippen LogP contribution >= 0.6 is 0 Å². The van der Waals surface area contributed by atoms with E-state index in [2.05, 4.69) is 22.3 Å². The van der Waals surface area contributed by atoms with Crippen LogP contribution in [0.4, 0.5) is 11.5 Å². The van der Waals surface area contributed by atoms with E-state index < -0.39 is 0 Å². The molecule has 1 aromatic carbocycles. The highest BCUT2D eigenvalue weighted by Crippen LogP contribution is 2.25. The number of allylic oxidation sites excluding steroid dienone is 1. The van der Waals surface area contributed by atoms with Gasteiger partial charge in [0.2, 0.25) is 5.91 Å². The standard InChI is InChI=1S/C21H28N6O/c1-6-17(22)20-18(7-2)25-27(21(20)23-3)16-12-10-15(11-13-16)24-19(28)9-8-14-26(4)5/h6,8-13,22-23H,1,7,14H2,2-5H3,(H,24,28). The molecule has 0 bridgehead atoms. The van der Waals surface area contributed by atoms with Gasteiger partial charge in [-0.1, -0.05) is 19.6 Å². The lowest BCUT2D eigenvalue weighted by Crippen LogP contribution is -2.13. The van der Waals surface area contributed by atoms with Gasteiger partial charge in [-0.25, -0.2) is 4.68 Å². The summed E-state index contributed by atoms with van der Waals surface area (Å²) < 4.78 is 1.77. The maximum absolute atomic E-state index is 12.0. The number of hydrogen-bond donors (Lipinski definition) is 3. The molecule has 7 nitrogen and oxygen atoms in total. The van der Waals surface area contributed by atoms with Crippen molar-refractivity contribution in [1.82, 2.24) is 14.7 Å². The first kappa shape index (κ1) is 21.1. The van der Waals surface area contributed by atoms with Crippen LogP contribution in [0, 0.1) is 5.41 Å². The Morgan fingerprint density at radius 3 is 2.54 bits per heavy atom. The third kappa shape index (κ3) is 4.95. The second kappa shape index (κ2) is 9.66. The van der Waals surface area contributed by atoms with Crippen molar-refractivity contribution in [3.8, 4) is 5.69 Å². The highest BCUT2D eigenvalue weighted by atomic mass is 16.1. The molecular weight excluding hydrogens is 352 g/mol. The first-order valence-electron chi connectivity index (χ1n) is 9.14. The summed E-state index contributed by atoms with van der Waals surface area (Å²) in [5.74, 6) is 0.574. The van der Waals surface area contributed by atoms with Gasteiger partial charge in [-0.15, -0.1) is 0 Å². The zero-order chi connectivity index (χ0) is 20.7. The van der Waals surface area contributed by atoms with Crippen molar-refractivity contribution in [1.29, 1.82) is 5.41 Å². The summed E-state index contributed by atoms with van der Waals surface area (Å²) in [6, 6.07) is 7.43. The normalized spacial score (nSPS) is 11.0. The zero-order valence-corrected chi connectivity index (χ0v) is 16.9. The fraction of sp³-hybridized carbons (Fsp3) is 0.286. The summed E-state index contributed by atoms with van der Waals surface area (Å²) in [7, 11) is 5.70. The van der Waals surface area contributed by atoms with Gasteiger partial charge < -0.3 is 20.9 Å². The first-order chi connectivity index (χ1) is 13.4. The molecule has 3 N–H and O–H groups in total. The van der Waals surface area contributed by atoms with Gasteiger partial charge in [-0.05, 0) is 50.9 Å². The van der Waals surface area contributed by atoms with Crippen LogP contribution in [-0.2, 0) is 11.2 Å². The first-order valence-corrected chi connectivity index (χ1v) is 9.14. The Morgan fingerprint density at radius 2 is 2.00 bits per heavy atom. The van der Waals surface area contributed by atoms with E-state index in [-0.39, 0.29) is 5.91 Å². The predicted molar refractivity (Wildman–Crippen MR) is 116 cm³/mol. The number of anilines is 2. The third-order valence-corrected chi connectivity index (χ3v) is 4.12. The number of rotatable bonds is 9. The Labute approximate surface area is 166 Å². The van der Waals surface area contributed by atoms with E-state index in [0.29, 0.717) is 24.4 Å². The number of benzene rings is 1. The number of hydrogen-bond acceptors (Lipinski definition) is 5. The van der Waals surface area contributed by atoms with Gasteiger partial charge in [0.15, 0.2) is 0 Å². The van der Waals surface area contributed by atoms with Gasteiger partial charge in [0, 0.05) is 25.4 Å². The van der Waals surface area contributed by atoms with Crippen LogP contribution in [0.1, 0.15) is 18.2 Å². The average molecular weight is 380 g/mol. The third-order valence-electron chi connectivity index (χ3n) is 4.12. The zero-order valence-electron chi connectivity index (χ0n) is 16.9. The fourth-order valence-corrected chi connectivity index (χ4v) is 2.75. The lowest BCUT2D eigenvalue weighted by molar-refractivity contribution is -0.111. The number of nitrogens with zero attached hydrogens (tertiary/aromatic N) is 3. The summed E-state index contributed by atoms with van der Waals surface area (Å²) in [5.41, 5.74) is 3.46. The smallest absolute Gasteiger partial charge is 0.248 e. The number of likely N-dealkylation sites (N-methyl/N-ethyl adjacent to an activating group) is 1. The molecule has 0 aliphatic heterocycles. The Kier molecular flexibility index (Phi) is 7.28. The predicted octanol–water partition coefficient (Wildman–Crippen LogP) is 3.09. The average Bonchev–Trinajstić information content (AvgIpc) is 3.06. The molecule has 0 aliphatic carbocycles. The highest BCUT2D eigenvalue weighted by molar-refractivity contribution is 6.10. The van der Waals surface area contributed by atoms with Gasteiger partial charge in [-0.3, -0.25) is 4.79 Å². The molecule has 0 atom stereocenters. The molecule has 2 aromatic rings. The van der Waals surface area contributed by atoms with Crippen LogP contribution in [0.5, 0.6) is 0 Å². The van der Waals surface area contributed by atoms with Crippen LogP contribution in [-0.4, -0.2) is 54.0 Å². The van der Waals surface area contributed by atoms with Gasteiger partial charge in [0.05, 0.1) is 22.7 Å². The van der Waals surface area contributed by atoms with Crippen molar-refractivity contribution in [2.75, 3.05) is 38.3 Å². The monoisotopic (exact) mass is 380 g/mol. The van der Waals surface area contributed by atoms with E-state index in [9.17, 15) is 4.79 Å². The summed E-state index contributed by atoms with van der Waals surface area (Å²) >= 11 is 0. The molecule has 0 fully saturated rings. The summed E-state index contributed by atoms with van der Waals surface area (Å²) in [4.78, 5) is 13.9. The molecule has 148 valence electrons. The largest absolute Gasteiger partial charge is 0.372 e. The Balaban J connectivity index is 2.25. The van der Waals surface area contributed by atoms with Crippen LogP contribution in [0.3, 0.4) is 0 Å². The van der Waals surface area contributed by atoms with Crippen LogP contribution in [0.2, 0.25) is 0 Å². The second-order valence-corrected chi connectivity index (χ2v) is 6.50. The number of aryl methyl sites for hydroxylation is 1. The molecule has 0 spiro atoms. The molecule has 28 heavy (non-hydrogen) atoms. The Bertz CT molecular complexity index is 877. The minimum Gasteiger partial charge on any atom is -0.372 e. The number of carbonyl (C=O) groups excluding carboxylic acids is 1. The van der Waals surface area contributed by atoms with Crippen LogP contribution < -0.4 is 10.6 Å². The molecule has 1 amide bonds. The number of nitrogens with one attached hydrogen (secondary N) is 3. The SMILES string of the molecule is C=CC(=N)c1c(CC)nn(-c2ccc(NC(=O)C=CCN(C)C)cc2)c1NC. The number of amides is 1. The molecule has 2 rings (SSSR count). The lowest BCUT2D eigenvalue weighted by Gasteiger charge is -2.10. The molecule has 0 saturated heterocycles. The lowest BCUT2D eigenvalue weighted by atomic mass is 10.1. The van der Waals surface area contributed by atoms with E-state index in [1.165, 1.54) is 12.2 Å².